The number of aromatic carboxylic acids is 1. The van der Waals surface area contributed by atoms with Crippen molar-refractivity contribution in [2.24, 2.45) is 0 Å². The first kappa shape index (κ1) is 20.6. The van der Waals surface area contributed by atoms with Gasteiger partial charge in [0.2, 0.25) is 0 Å². The number of rotatable bonds is 7. The fourth-order valence-corrected chi connectivity index (χ4v) is 2.13. The number of carboxylic acids is 1. The first-order valence-corrected chi connectivity index (χ1v) is 8.10. The number of nitrogens with one attached hydrogen (secondary N) is 2. The summed E-state index contributed by atoms with van der Waals surface area (Å²) in [7, 11) is 1.52. The molecule has 0 aliphatic carbocycles. The average molecular weight is 352 g/mol. The number of carboxylic acid groups (broad SMARTS) is 1. The highest BCUT2D eigenvalue weighted by molar-refractivity contribution is 5.89. The zero-order valence-electron chi connectivity index (χ0n) is 15.7. The van der Waals surface area contributed by atoms with Gasteiger partial charge in [-0.15, -0.1) is 0 Å². The van der Waals surface area contributed by atoms with Gasteiger partial charge in [-0.25, -0.2) is 9.59 Å². The van der Waals surface area contributed by atoms with E-state index in [1.807, 2.05) is 34.6 Å². The average Bonchev–Trinajstić information content (AvgIpc) is 2.43. The van der Waals surface area contributed by atoms with Crippen LogP contribution in [0, 0.1) is 0 Å². The van der Waals surface area contributed by atoms with Gasteiger partial charge in [-0.05, 0) is 59.2 Å². The highest BCUT2D eigenvalue weighted by atomic mass is 16.6. The Kier molecular flexibility index (Phi) is 6.67. The van der Waals surface area contributed by atoms with E-state index in [9.17, 15) is 9.59 Å². The van der Waals surface area contributed by atoms with Crippen LogP contribution in [0.1, 0.15) is 51.4 Å². The number of carbonyl (C=O) groups excluding carboxylic acids is 1. The van der Waals surface area contributed by atoms with Crippen LogP contribution in [0.4, 0.5) is 10.5 Å². The van der Waals surface area contributed by atoms with Crippen molar-refractivity contribution < 1.29 is 24.2 Å². The van der Waals surface area contributed by atoms with Crippen LogP contribution in [-0.2, 0) is 4.74 Å². The minimum Gasteiger partial charge on any atom is -0.495 e. The Labute approximate surface area is 148 Å². The van der Waals surface area contributed by atoms with E-state index in [2.05, 4.69) is 10.6 Å². The molecule has 0 aromatic heterocycles. The second-order valence-electron chi connectivity index (χ2n) is 7.41. The van der Waals surface area contributed by atoms with Crippen molar-refractivity contribution in [1.82, 2.24) is 5.32 Å². The number of hydrogen-bond donors (Lipinski definition) is 3. The van der Waals surface area contributed by atoms with Gasteiger partial charge in [0.1, 0.15) is 11.4 Å². The zero-order chi connectivity index (χ0) is 19.3. The van der Waals surface area contributed by atoms with Crippen LogP contribution in [-0.4, -0.2) is 42.0 Å². The van der Waals surface area contributed by atoms with Crippen LogP contribution >= 0.6 is 0 Å². The van der Waals surface area contributed by atoms with Gasteiger partial charge in [0.05, 0.1) is 18.4 Å². The largest absolute Gasteiger partial charge is 0.495 e. The van der Waals surface area contributed by atoms with Crippen molar-refractivity contribution in [3.8, 4) is 5.75 Å². The molecule has 0 aliphatic heterocycles. The highest BCUT2D eigenvalue weighted by Crippen LogP contribution is 2.26. The van der Waals surface area contributed by atoms with Crippen molar-refractivity contribution >= 4 is 17.7 Å². The number of methoxy groups -OCH3 is 1. The van der Waals surface area contributed by atoms with Gasteiger partial charge in [-0.2, -0.15) is 0 Å². The lowest BCUT2D eigenvalue weighted by Gasteiger charge is -2.29. The maximum atomic E-state index is 11.9. The maximum Gasteiger partial charge on any atom is 0.408 e. The van der Waals surface area contributed by atoms with Crippen molar-refractivity contribution in [3.05, 3.63) is 23.8 Å². The Bertz CT molecular complexity index is 620. The predicted molar refractivity (Wildman–Crippen MR) is 96.5 cm³/mol. The van der Waals surface area contributed by atoms with E-state index >= 15 is 0 Å². The Morgan fingerprint density at radius 1 is 1.16 bits per heavy atom. The van der Waals surface area contributed by atoms with Gasteiger partial charge < -0.3 is 25.2 Å². The maximum absolute atomic E-state index is 11.9. The molecule has 1 aromatic carbocycles. The molecule has 0 unspecified atom stereocenters. The molecule has 3 N–H and O–H groups in total. The van der Waals surface area contributed by atoms with Crippen LogP contribution in [0.2, 0.25) is 0 Å². The molecule has 1 rings (SSSR count). The molecule has 0 atom stereocenters. The van der Waals surface area contributed by atoms with Crippen LogP contribution in [0.5, 0.6) is 5.75 Å². The first-order valence-electron chi connectivity index (χ1n) is 8.10. The van der Waals surface area contributed by atoms with Gasteiger partial charge in [0.25, 0.3) is 0 Å². The Hall–Kier alpha value is -2.44. The highest BCUT2D eigenvalue weighted by Gasteiger charge is 2.24. The van der Waals surface area contributed by atoms with Crippen LogP contribution < -0.4 is 15.4 Å². The number of amides is 1. The molecule has 0 spiro atoms. The number of carbonyl (C=O) groups is 2. The summed E-state index contributed by atoms with van der Waals surface area (Å²) < 4.78 is 10.5. The third-order valence-corrected chi connectivity index (χ3v) is 3.35. The number of hydrogen-bond acceptors (Lipinski definition) is 5. The molecule has 0 heterocycles. The molecule has 1 amide bonds. The number of ether oxygens (including phenoxy) is 2. The van der Waals surface area contributed by atoms with Crippen molar-refractivity contribution in [2.75, 3.05) is 19.0 Å². The van der Waals surface area contributed by atoms with Gasteiger partial charge in [0.15, 0.2) is 0 Å². The molecule has 0 saturated carbocycles. The summed E-state index contributed by atoms with van der Waals surface area (Å²) in [5, 5.41) is 15.1. The summed E-state index contributed by atoms with van der Waals surface area (Å²) >= 11 is 0. The smallest absolute Gasteiger partial charge is 0.408 e. The number of anilines is 1. The lowest BCUT2D eigenvalue weighted by atomic mass is 10.0. The third-order valence-electron chi connectivity index (χ3n) is 3.35. The van der Waals surface area contributed by atoms with E-state index < -0.39 is 23.2 Å². The zero-order valence-corrected chi connectivity index (χ0v) is 15.7. The Morgan fingerprint density at radius 3 is 2.32 bits per heavy atom. The van der Waals surface area contributed by atoms with Gasteiger partial charge >= 0.3 is 12.1 Å². The predicted octanol–water partition coefficient (Wildman–Crippen LogP) is 3.50. The summed E-state index contributed by atoms with van der Waals surface area (Å²) in [4.78, 5) is 23.0. The molecule has 0 bridgehead atoms. The normalized spacial score (nSPS) is 11.6. The molecule has 25 heavy (non-hydrogen) atoms. The summed E-state index contributed by atoms with van der Waals surface area (Å²) in [5.41, 5.74) is -0.277. The lowest BCUT2D eigenvalue weighted by molar-refractivity contribution is 0.0469. The molecular formula is C18H28N2O5. The van der Waals surface area contributed by atoms with Gasteiger partial charge in [-0.3, -0.25) is 0 Å². The minimum atomic E-state index is -1.00. The second-order valence-corrected chi connectivity index (χ2v) is 7.41. The molecule has 1 aromatic rings. The van der Waals surface area contributed by atoms with Crippen LogP contribution in [0.15, 0.2) is 18.2 Å². The van der Waals surface area contributed by atoms with E-state index in [0.29, 0.717) is 24.4 Å². The fourth-order valence-electron chi connectivity index (χ4n) is 2.13. The summed E-state index contributed by atoms with van der Waals surface area (Å²) in [6.07, 6.45) is 0.134. The second kappa shape index (κ2) is 8.09. The van der Waals surface area contributed by atoms with Crippen molar-refractivity contribution in [3.63, 3.8) is 0 Å². The van der Waals surface area contributed by atoms with Crippen molar-refractivity contribution in [1.29, 1.82) is 0 Å². The van der Waals surface area contributed by atoms with E-state index in [0.717, 1.165) is 0 Å². The molecule has 140 valence electrons. The molecule has 0 radical (unpaired) electrons. The molecule has 7 heteroatoms. The number of alkyl carbamates (subject to hydrolysis) is 1. The SMILES string of the molecule is COc1ccc(C(=O)O)cc1NCCC(C)(C)NC(=O)OC(C)(C)C. The topological polar surface area (TPSA) is 96.9 Å². The first-order chi connectivity index (χ1) is 11.4. The number of benzene rings is 1. The standard InChI is InChI=1S/C18H28N2O5/c1-17(2,3)25-16(23)20-18(4,5)9-10-19-13-11-12(15(21)22)7-8-14(13)24-6/h7-8,11,19H,9-10H2,1-6H3,(H,20,23)(H,21,22). The summed E-state index contributed by atoms with van der Waals surface area (Å²) in [5.74, 6) is -0.444. The Balaban J connectivity index is 2.65. The van der Waals surface area contributed by atoms with E-state index in [1.165, 1.54) is 19.2 Å². The van der Waals surface area contributed by atoms with Crippen molar-refractivity contribution in [2.45, 2.75) is 52.2 Å². The molecule has 0 aliphatic rings. The monoisotopic (exact) mass is 352 g/mol. The molecular weight excluding hydrogens is 324 g/mol. The van der Waals surface area contributed by atoms with Gasteiger partial charge in [-0.1, -0.05) is 0 Å². The molecule has 0 fully saturated rings. The molecule has 7 nitrogen and oxygen atoms in total. The summed E-state index contributed by atoms with van der Waals surface area (Å²) in [6.45, 7) is 9.73. The Morgan fingerprint density at radius 2 is 1.80 bits per heavy atom. The summed E-state index contributed by atoms with van der Waals surface area (Å²) in [6, 6.07) is 4.62. The lowest BCUT2D eigenvalue weighted by Crippen LogP contribution is -2.46. The quantitative estimate of drug-likeness (QED) is 0.695. The third kappa shape index (κ3) is 7.32. The minimum absolute atomic E-state index is 0.175. The van der Waals surface area contributed by atoms with E-state index in [-0.39, 0.29) is 5.56 Å². The van der Waals surface area contributed by atoms with Gasteiger partial charge in [0, 0.05) is 12.1 Å². The van der Waals surface area contributed by atoms with Crippen LogP contribution in [0.25, 0.3) is 0 Å². The van der Waals surface area contributed by atoms with Crippen LogP contribution in [0.3, 0.4) is 0 Å². The van der Waals surface area contributed by atoms with E-state index in [4.69, 9.17) is 14.6 Å². The molecule has 0 saturated heterocycles. The fraction of sp³-hybridized carbons (Fsp3) is 0.556. The van der Waals surface area contributed by atoms with E-state index in [1.54, 1.807) is 6.07 Å².